The molecule has 1 saturated heterocycles. The van der Waals surface area contributed by atoms with Gasteiger partial charge in [-0.15, -0.1) is 0 Å². The molecule has 0 spiro atoms. The van der Waals surface area contributed by atoms with Gasteiger partial charge in [-0.2, -0.15) is 0 Å². The third-order valence-corrected chi connectivity index (χ3v) is 4.04. The largest absolute Gasteiger partial charge is 0.490 e. The van der Waals surface area contributed by atoms with Gasteiger partial charge in [-0.05, 0) is 38.8 Å². The number of nitrogens with one attached hydrogen (secondary N) is 1. The number of nitrogens with zero attached hydrogens (tertiary/aromatic N) is 1. The zero-order chi connectivity index (χ0) is 16.3. The molecule has 1 aromatic carbocycles. The highest BCUT2D eigenvalue weighted by Gasteiger charge is 2.31. The molecule has 0 amide bonds. The van der Waals surface area contributed by atoms with Crippen molar-refractivity contribution >= 4 is 11.6 Å². The summed E-state index contributed by atoms with van der Waals surface area (Å²) in [5.41, 5.74) is 6.76. The SMILES string of the molecule is CC1(C)CCC(CN=C(N)Nc2ccc3c(c2)OCCCO3)O1. The van der Waals surface area contributed by atoms with Crippen molar-refractivity contribution < 1.29 is 14.2 Å². The molecule has 2 aliphatic rings. The van der Waals surface area contributed by atoms with E-state index in [0.717, 1.165) is 36.4 Å². The second-order valence-electron chi connectivity index (χ2n) is 6.60. The zero-order valence-corrected chi connectivity index (χ0v) is 13.8. The Morgan fingerprint density at radius 2 is 2.09 bits per heavy atom. The van der Waals surface area contributed by atoms with Gasteiger partial charge in [-0.3, -0.25) is 4.99 Å². The predicted octanol–water partition coefficient (Wildman–Crippen LogP) is 2.53. The van der Waals surface area contributed by atoms with E-state index in [2.05, 4.69) is 24.2 Å². The highest BCUT2D eigenvalue weighted by atomic mass is 16.5. The number of fused-ring (bicyclic) bond motifs is 1. The van der Waals surface area contributed by atoms with E-state index in [0.29, 0.717) is 25.7 Å². The second kappa shape index (κ2) is 6.66. The van der Waals surface area contributed by atoms with Crippen molar-refractivity contribution in [3.63, 3.8) is 0 Å². The summed E-state index contributed by atoms with van der Waals surface area (Å²) in [5.74, 6) is 1.89. The second-order valence-corrected chi connectivity index (χ2v) is 6.60. The molecule has 2 heterocycles. The third-order valence-electron chi connectivity index (χ3n) is 4.04. The lowest BCUT2D eigenvalue weighted by molar-refractivity contribution is -0.0106. The fourth-order valence-corrected chi connectivity index (χ4v) is 2.83. The van der Waals surface area contributed by atoms with Crippen LogP contribution in [0.4, 0.5) is 5.69 Å². The molecule has 6 heteroatoms. The molecular weight excluding hydrogens is 294 g/mol. The first kappa shape index (κ1) is 15.9. The van der Waals surface area contributed by atoms with E-state index in [-0.39, 0.29) is 11.7 Å². The van der Waals surface area contributed by atoms with Crippen LogP contribution in [0, 0.1) is 0 Å². The highest BCUT2D eigenvalue weighted by Crippen LogP contribution is 2.32. The van der Waals surface area contributed by atoms with E-state index in [4.69, 9.17) is 19.9 Å². The smallest absolute Gasteiger partial charge is 0.193 e. The van der Waals surface area contributed by atoms with E-state index >= 15 is 0 Å². The highest BCUT2D eigenvalue weighted by molar-refractivity contribution is 5.92. The first-order valence-corrected chi connectivity index (χ1v) is 8.16. The van der Waals surface area contributed by atoms with Crippen LogP contribution in [0.3, 0.4) is 0 Å². The Kier molecular flexibility index (Phi) is 4.61. The van der Waals surface area contributed by atoms with Gasteiger partial charge < -0.3 is 25.3 Å². The minimum Gasteiger partial charge on any atom is -0.490 e. The molecule has 3 N–H and O–H groups in total. The molecule has 0 aromatic heterocycles. The van der Waals surface area contributed by atoms with Crippen LogP contribution < -0.4 is 20.5 Å². The van der Waals surface area contributed by atoms with Crippen molar-refractivity contribution in [2.45, 2.75) is 44.8 Å². The van der Waals surface area contributed by atoms with Crippen LogP contribution in [-0.4, -0.2) is 37.4 Å². The maximum Gasteiger partial charge on any atom is 0.193 e. The van der Waals surface area contributed by atoms with Crippen molar-refractivity contribution in [3.05, 3.63) is 18.2 Å². The van der Waals surface area contributed by atoms with Crippen molar-refractivity contribution in [1.29, 1.82) is 0 Å². The van der Waals surface area contributed by atoms with Crippen LogP contribution in [0.25, 0.3) is 0 Å². The van der Waals surface area contributed by atoms with Crippen LogP contribution in [0.2, 0.25) is 0 Å². The number of aliphatic imine (C=N–C) groups is 1. The molecular formula is C17H25N3O3. The van der Waals surface area contributed by atoms with Gasteiger partial charge in [0.2, 0.25) is 0 Å². The summed E-state index contributed by atoms with van der Waals surface area (Å²) in [6.07, 6.45) is 3.11. The monoisotopic (exact) mass is 319 g/mol. The van der Waals surface area contributed by atoms with Crippen molar-refractivity contribution in [2.24, 2.45) is 10.7 Å². The number of guanidine groups is 1. The number of nitrogens with two attached hydrogens (primary N) is 1. The Hall–Kier alpha value is -1.95. The van der Waals surface area contributed by atoms with Gasteiger partial charge in [-0.1, -0.05) is 0 Å². The van der Waals surface area contributed by atoms with Gasteiger partial charge in [-0.25, -0.2) is 0 Å². The average molecular weight is 319 g/mol. The lowest BCUT2D eigenvalue weighted by Gasteiger charge is -2.18. The van der Waals surface area contributed by atoms with Gasteiger partial charge in [0.25, 0.3) is 0 Å². The summed E-state index contributed by atoms with van der Waals surface area (Å²) >= 11 is 0. The molecule has 1 fully saturated rings. The predicted molar refractivity (Wildman–Crippen MR) is 90.3 cm³/mol. The fraction of sp³-hybridized carbons (Fsp3) is 0.588. The van der Waals surface area contributed by atoms with Gasteiger partial charge in [0.05, 0.1) is 31.5 Å². The maximum atomic E-state index is 5.97. The molecule has 1 unspecified atom stereocenters. The van der Waals surface area contributed by atoms with Crippen molar-refractivity contribution in [2.75, 3.05) is 25.1 Å². The van der Waals surface area contributed by atoms with E-state index in [1.54, 1.807) is 0 Å². The molecule has 3 rings (SSSR count). The first-order valence-electron chi connectivity index (χ1n) is 8.16. The summed E-state index contributed by atoms with van der Waals surface area (Å²) < 4.78 is 17.2. The Balaban J connectivity index is 1.58. The minimum absolute atomic E-state index is 0.0449. The van der Waals surface area contributed by atoms with E-state index < -0.39 is 0 Å². The Morgan fingerprint density at radius 1 is 1.30 bits per heavy atom. The van der Waals surface area contributed by atoms with Crippen LogP contribution >= 0.6 is 0 Å². The number of benzene rings is 1. The maximum absolute atomic E-state index is 5.97. The molecule has 1 atom stereocenters. The molecule has 2 aliphatic heterocycles. The Morgan fingerprint density at radius 3 is 2.83 bits per heavy atom. The van der Waals surface area contributed by atoms with E-state index in [9.17, 15) is 0 Å². The lowest BCUT2D eigenvalue weighted by Crippen LogP contribution is -2.26. The number of hydrogen-bond acceptors (Lipinski definition) is 4. The number of anilines is 1. The number of ether oxygens (including phenoxy) is 3. The van der Waals surface area contributed by atoms with Gasteiger partial charge in [0.15, 0.2) is 17.5 Å². The topological polar surface area (TPSA) is 78.1 Å². The lowest BCUT2D eigenvalue weighted by atomic mass is 10.1. The van der Waals surface area contributed by atoms with Gasteiger partial charge >= 0.3 is 0 Å². The molecule has 6 nitrogen and oxygen atoms in total. The Labute approximate surface area is 137 Å². The summed E-state index contributed by atoms with van der Waals surface area (Å²) in [4.78, 5) is 4.38. The summed E-state index contributed by atoms with van der Waals surface area (Å²) in [5, 5.41) is 3.09. The minimum atomic E-state index is -0.0449. The third kappa shape index (κ3) is 4.28. The van der Waals surface area contributed by atoms with Gasteiger partial charge in [0, 0.05) is 18.2 Å². The molecule has 0 aliphatic carbocycles. The molecule has 0 bridgehead atoms. The molecule has 0 saturated carbocycles. The average Bonchev–Trinajstić information content (AvgIpc) is 2.71. The molecule has 1 aromatic rings. The molecule has 126 valence electrons. The number of rotatable bonds is 3. The summed E-state index contributed by atoms with van der Waals surface area (Å²) in [6, 6.07) is 5.68. The van der Waals surface area contributed by atoms with Crippen molar-refractivity contribution in [1.82, 2.24) is 0 Å². The normalized spacial score (nSPS) is 23.4. The van der Waals surface area contributed by atoms with Crippen LogP contribution in [0.5, 0.6) is 11.5 Å². The number of hydrogen-bond donors (Lipinski definition) is 2. The van der Waals surface area contributed by atoms with Crippen molar-refractivity contribution in [3.8, 4) is 11.5 Å². The van der Waals surface area contributed by atoms with Crippen LogP contribution in [0.15, 0.2) is 23.2 Å². The Bertz CT molecular complexity index is 586. The zero-order valence-electron chi connectivity index (χ0n) is 13.8. The quantitative estimate of drug-likeness (QED) is 0.661. The van der Waals surface area contributed by atoms with Crippen LogP contribution in [-0.2, 0) is 4.74 Å². The fourth-order valence-electron chi connectivity index (χ4n) is 2.83. The summed E-state index contributed by atoms with van der Waals surface area (Å²) in [7, 11) is 0. The summed E-state index contributed by atoms with van der Waals surface area (Å²) in [6.45, 7) is 6.13. The molecule has 23 heavy (non-hydrogen) atoms. The van der Waals surface area contributed by atoms with E-state index in [1.165, 1.54) is 0 Å². The van der Waals surface area contributed by atoms with Gasteiger partial charge in [0.1, 0.15) is 0 Å². The standard InChI is InChI=1S/C17H25N3O3/c1-17(2)7-6-13(23-17)11-19-16(18)20-12-4-5-14-15(10-12)22-9-3-8-21-14/h4-5,10,13H,3,6-9,11H2,1-2H3,(H3,18,19,20). The van der Waals surface area contributed by atoms with Crippen LogP contribution in [0.1, 0.15) is 33.1 Å². The first-order chi connectivity index (χ1) is 11.0. The molecule has 0 radical (unpaired) electrons. The van der Waals surface area contributed by atoms with E-state index in [1.807, 2.05) is 18.2 Å².